The molecular formula is C13H9F5N2O2S. The van der Waals surface area contributed by atoms with Crippen LogP contribution in [0.5, 0.6) is 0 Å². The van der Waals surface area contributed by atoms with E-state index in [4.69, 9.17) is 0 Å². The van der Waals surface area contributed by atoms with Crippen LogP contribution in [0.3, 0.4) is 0 Å². The van der Waals surface area contributed by atoms with Crippen LogP contribution < -0.4 is 4.31 Å². The second-order valence-corrected chi connectivity index (χ2v) is 6.27. The summed E-state index contributed by atoms with van der Waals surface area (Å²) in [6, 6.07) is 4.31. The first-order chi connectivity index (χ1) is 10.6. The van der Waals surface area contributed by atoms with Crippen molar-refractivity contribution in [2.75, 3.05) is 4.31 Å². The smallest absolute Gasteiger partial charge is 0.264 e. The molecule has 2 aromatic rings. The highest BCUT2D eigenvalue weighted by Gasteiger charge is 2.50. The van der Waals surface area contributed by atoms with E-state index in [1.165, 1.54) is 18.3 Å². The number of nitrogens with zero attached hydrogens (tertiary/aromatic N) is 2. The number of anilines is 1. The minimum Gasteiger partial charge on any atom is -0.264 e. The highest BCUT2D eigenvalue weighted by Crippen LogP contribution is 2.33. The van der Waals surface area contributed by atoms with Gasteiger partial charge in [0.25, 0.3) is 0 Å². The van der Waals surface area contributed by atoms with Crippen LogP contribution in [0.1, 0.15) is 5.56 Å². The molecule has 124 valence electrons. The second kappa shape index (κ2) is 6.11. The number of hydrogen-bond donors (Lipinski definition) is 0. The van der Waals surface area contributed by atoms with Gasteiger partial charge in [-0.05, 0) is 23.8 Å². The number of pyridine rings is 1. The van der Waals surface area contributed by atoms with Crippen LogP contribution in [-0.2, 0) is 16.6 Å². The Kier molecular flexibility index (Phi) is 4.55. The summed E-state index contributed by atoms with van der Waals surface area (Å²) in [6.07, 6.45) is 2.48. The van der Waals surface area contributed by atoms with Crippen LogP contribution in [-0.4, -0.2) is 18.9 Å². The first-order valence-corrected chi connectivity index (χ1v) is 7.50. The molecule has 1 aromatic heterocycles. The maximum atomic E-state index is 13.8. The number of hydrogen-bond acceptors (Lipinski definition) is 3. The fourth-order valence-corrected chi connectivity index (χ4v) is 2.74. The molecule has 23 heavy (non-hydrogen) atoms. The Balaban J connectivity index is 2.56. The number of aromatic nitrogens is 1. The zero-order valence-electron chi connectivity index (χ0n) is 11.3. The third-order valence-corrected chi connectivity index (χ3v) is 4.30. The zero-order valence-corrected chi connectivity index (χ0v) is 12.1. The lowest BCUT2D eigenvalue weighted by Crippen LogP contribution is -2.41. The summed E-state index contributed by atoms with van der Waals surface area (Å²) in [5, 5.41) is 0. The van der Waals surface area contributed by atoms with E-state index < -0.39 is 39.4 Å². The fourth-order valence-electron chi connectivity index (χ4n) is 1.77. The molecule has 0 spiro atoms. The normalized spacial score (nSPS) is 12.2. The van der Waals surface area contributed by atoms with Gasteiger partial charge in [0, 0.05) is 18.5 Å². The lowest BCUT2D eigenvalue weighted by Gasteiger charge is -2.25. The molecule has 0 bridgehead atoms. The van der Waals surface area contributed by atoms with Crippen molar-refractivity contribution in [1.82, 2.24) is 4.98 Å². The van der Waals surface area contributed by atoms with Crippen LogP contribution in [0, 0.1) is 11.6 Å². The maximum Gasteiger partial charge on any atom is 0.516 e. The van der Waals surface area contributed by atoms with E-state index in [0.29, 0.717) is 18.2 Å². The highest BCUT2D eigenvalue weighted by molar-refractivity contribution is 7.93. The molecule has 0 aliphatic rings. The van der Waals surface area contributed by atoms with Crippen molar-refractivity contribution in [3.63, 3.8) is 0 Å². The Hall–Kier alpha value is -2.23. The van der Waals surface area contributed by atoms with Crippen molar-refractivity contribution in [3.05, 3.63) is 59.9 Å². The molecule has 0 atom stereocenters. The average Bonchev–Trinajstić information content (AvgIpc) is 2.45. The SMILES string of the molecule is O=S(=O)(N(Cc1cccnc1)c1ccc(F)cc1F)C(F)(F)F. The second-order valence-electron chi connectivity index (χ2n) is 4.41. The van der Waals surface area contributed by atoms with Gasteiger partial charge in [0.1, 0.15) is 11.6 Å². The Labute approximate surface area is 128 Å². The minimum atomic E-state index is -5.88. The van der Waals surface area contributed by atoms with E-state index in [0.717, 1.165) is 6.20 Å². The first-order valence-electron chi connectivity index (χ1n) is 6.06. The van der Waals surface area contributed by atoms with Gasteiger partial charge in [0.15, 0.2) is 0 Å². The van der Waals surface area contributed by atoms with Gasteiger partial charge in [0.05, 0.1) is 12.2 Å². The summed E-state index contributed by atoms with van der Waals surface area (Å²) in [5.74, 6) is -2.47. The van der Waals surface area contributed by atoms with E-state index >= 15 is 0 Å². The number of sulfonamides is 1. The lowest BCUT2D eigenvalue weighted by atomic mass is 10.2. The maximum absolute atomic E-state index is 13.8. The molecule has 4 nitrogen and oxygen atoms in total. The molecule has 1 aromatic carbocycles. The predicted octanol–water partition coefficient (Wildman–Crippen LogP) is 3.22. The van der Waals surface area contributed by atoms with E-state index in [9.17, 15) is 30.4 Å². The Bertz CT molecular complexity index is 794. The van der Waals surface area contributed by atoms with E-state index in [1.807, 2.05) is 0 Å². The van der Waals surface area contributed by atoms with E-state index in [1.54, 1.807) is 0 Å². The van der Waals surface area contributed by atoms with Crippen molar-refractivity contribution >= 4 is 15.7 Å². The fraction of sp³-hybridized carbons (Fsp3) is 0.154. The van der Waals surface area contributed by atoms with Crippen molar-refractivity contribution in [3.8, 4) is 0 Å². The Morgan fingerprint density at radius 2 is 1.83 bits per heavy atom. The van der Waals surface area contributed by atoms with Gasteiger partial charge in [-0.15, -0.1) is 0 Å². The quantitative estimate of drug-likeness (QED) is 0.794. The molecule has 0 N–H and O–H groups in total. The summed E-state index contributed by atoms with van der Waals surface area (Å²) >= 11 is 0. The minimum absolute atomic E-state index is 0.101. The molecule has 0 saturated carbocycles. The first kappa shape index (κ1) is 17.1. The molecule has 2 rings (SSSR count). The van der Waals surface area contributed by atoms with Crippen molar-refractivity contribution < 1.29 is 30.4 Å². The zero-order chi connectivity index (χ0) is 17.3. The van der Waals surface area contributed by atoms with Gasteiger partial charge in [-0.3, -0.25) is 9.29 Å². The van der Waals surface area contributed by atoms with Gasteiger partial charge in [-0.25, -0.2) is 8.78 Å². The molecular weight excluding hydrogens is 343 g/mol. The van der Waals surface area contributed by atoms with Gasteiger partial charge in [0.2, 0.25) is 0 Å². The van der Waals surface area contributed by atoms with Gasteiger partial charge < -0.3 is 0 Å². The standard InChI is InChI=1S/C13H9F5N2O2S/c14-10-3-4-12(11(15)6-10)20(23(21,22)13(16,17)18)8-9-2-1-5-19-7-9/h1-7H,8H2. The van der Waals surface area contributed by atoms with Crippen LogP contribution in [0.15, 0.2) is 42.7 Å². The van der Waals surface area contributed by atoms with Crippen LogP contribution in [0.2, 0.25) is 0 Å². The van der Waals surface area contributed by atoms with Crippen molar-refractivity contribution in [2.45, 2.75) is 12.1 Å². The number of halogens is 5. The highest BCUT2D eigenvalue weighted by atomic mass is 32.2. The molecule has 0 fully saturated rings. The summed E-state index contributed by atoms with van der Waals surface area (Å²) in [6.45, 7) is -0.807. The molecule has 10 heteroatoms. The largest absolute Gasteiger partial charge is 0.516 e. The molecule has 0 saturated heterocycles. The monoisotopic (exact) mass is 352 g/mol. The lowest BCUT2D eigenvalue weighted by molar-refractivity contribution is -0.0438. The van der Waals surface area contributed by atoms with Gasteiger partial charge in [-0.1, -0.05) is 6.07 Å². The molecule has 0 aliphatic heterocycles. The summed E-state index contributed by atoms with van der Waals surface area (Å²) in [7, 11) is -5.88. The van der Waals surface area contributed by atoms with Crippen molar-refractivity contribution in [2.24, 2.45) is 0 Å². The predicted molar refractivity (Wildman–Crippen MR) is 71.8 cm³/mol. The third kappa shape index (κ3) is 3.58. The molecule has 0 aliphatic carbocycles. The van der Waals surface area contributed by atoms with Gasteiger partial charge >= 0.3 is 15.5 Å². The topological polar surface area (TPSA) is 50.3 Å². The van der Waals surface area contributed by atoms with Crippen LogP contribution in [0.4, 0.5) is 27.6 Å². The summed E-state index contributed by atoms with van der Waals surface area (Å²) in [4.78, 5) is 3.66. The third-order valence-electron chi connectivity index (χ3n) is 2.81. The van der Waals surface area contributed by atoms with E-state index in [2.05, 4.69) is 4.98 Å². The Morgan fingerprint density at radius 1 is 1.13 bits per heavy atom. The van der Waals surface area contributed by atoms with Crippen molar-refractivity contribution in [1.29, 1.82) is 0 Å². The Morgan fingerprint density at radius 3 is 2.35 bits per heavy atom. The number of rotatable bonds is 4. The molecule has 0 amide bonds. The summed E-state index contributed by atoms with van der Waals surface area (Å²) in [5.41, 5.74) is -6.45. The van der Waals surface area contributed by atoms with Crippen LogP contribution in [0.25, 0.3) is 0 Å². The average molecular weight is 352 g/mol. The van der Waals surface area contributed by atoms with Gasteiger partial charge in [-0.2, -0.15) is 21.6 Å². The molecule has 1 heterocycles. The molecule has 0 unspecified atom stereocenters. The number of benzene rings is 1. The molecule has 0 radical (unpaired) electrons. The summed E-state index contributed by atoms with van der Waals surface area (Å²) < 4.78 is 88.5. The van der Waals surface area contributed by atoms with E-state index in [-0.39, 0.29) is 9.87 Å². The number of alkyl halides is 3. The van der Waals surface area contributed by atoms with Crippen LogP contribution >= 0.6 is 0 Å².